The van der Waals surface area contributed by atoms with Gasteiger partial charge in [0.05, 0.1) is 11.4 Å². The molecule has 1 aromatic heterocycles. The van der Waals surface area contributed by atoms with Crippen LogP contribution in [0.3, 0.4) is 0 Å². The lowest BCUT2D eigenvalue weighted by molar-refractivity contribution is 1.23. The molecule has 0 aliphatic rings. The van der Waals surface area contributed by atoms with Crippen molar-refractivity contribution in [3.8, 4) is 11.1 Å². The maximum Gasteiger partial charge on any atom is 0.0935 e. The summed E-state index contributed by atoms with van der Waals surface area (Å²) in [6.07, 6.45) is 3.56. The van der Waals surface area contributed by atoms with Crippen molar-refractivity contribution in [2.45, 2.75) is 0 Å². The smallest absolute Gasteiger partial charge is 0.0935 e. The molecule has 0 N–H and O–H groups in total. The highest BCUT2D eigenvalue weighted by molar-refractivity contribution is 5.75. The molecule has 20 heavy (non-hydrogen) atoms. The molecule has 0 saturated heterocycles. The Morgan fingerprint density at radius 3 is 2.15 bits per heavy atom. The minimum absolute atomic E-state index is 0.844. The van der Waals surface area contributed by atoms with Crippen LogP contribution in [0.2, 0.25) is 0 Å². The maximum absolute atomic E-state index is 4.36. The Hall–Kier alpha value is -2.81. The van der Waals surface area contributed by atoms with E-state index in [9.17, 15) is 0 Å². The normalized spacial score (nSPS) is 10.8. The summed E-state index contributed by atoms with van der Waals surface area (Å²) >= 11 is 0. The minimum atomic E-state index is 0.844. The molecule has 3 heteroatoms. The Kier molecular flexibility index (Phi) is 3.60. The molecule has 0 aliphatic heterocycles. The fourth-order valence-corrected chi connectivity index (χ4v) is 1.94. The van der Waals surface area contributed by atoms with Gasteiger partial charge in [-0.1, -0.05) is 36.4 Å². The van der Waals surface area contributed by atoms with Gasteiger partial charge in [0.2, 0.25) is 0 Å². The highest BCUT2D eigenvalue weighted by Gasteiger charge is 2.03. The zero-order valence-electron chi connectivity index (χ0n) is 10.8. The van der Waals surface area contributed by atoms with Crippen LogP contribution in [0.4, 0.5) is 11.4 Å². The molecule has 1 heterocycles. The summed E-state index contributed by atoms with van der Waals surface area (Å²) in [7, 11) is 0. The van der Waals surface area contributed by atoms with E-state index in [1.54, 1.807) is 12.4 Å². The molecule has 3 nitrogen and oxygen atoms in total. The van der Waals surface area contributed by atoms with Crippen LogP contribution >= 0.6 is 0 Å². The summed E-state index contributed by atoms with van der Waals surface area (Å²) in [6.45, 7) is 0. The van der Waals surface area contributed by atoms with Gasteiger partial charge in [0.15, 0.2) is 0 Å². The van der Waals surface area contributed by atoms with E-state index in [4.69, 9.17) is 0 Å². The van der Waals surface area contributed by atoms with Gasteiger partial charge in [-0.3, -0.25) is 4.98 Å². The molecule has 0 radical (unpaired) electrons. The van der Waals surface area contributed by atoms with Crippen LogP contribution in [0.25, 0.3) is 11.1 Å². The molecule has 0 aliphatic carbocycles. The third kappa shape index (κ3) is 2.78. The first-order valence-electron chi connectivity index (χ1n) is 6.40. The van der Waals surface area contributed by atoms with E-state index in [-0.39, 0.29) is 0 Å². The van der Waals surface area contributed by atoms with Crippen molar-refractivity contribution in [3.63, 3.8) is 0 Å². The molecular formula is C17H13N3. The largest absolute Gasteiger partial charge is 0.265 e. The molecule has 3 aromatic rings. The van der Waals surface area contributed by atoms with E-state index < -0.39 is 0 Å². The number of pyridine rings is 1. The molecule has 3 rings (SSSR count). The van der Waals surface area contributed by atoms with Crippen LogP contribution in [0.1, 0.15) is 0 Å². The summed E-state index contributed by atoms with van der Waals surface area (Å²) < 4.78 is 0. The first kappa shape index (κ1) is 12.2. The van der Waals surface area contributed by atoms with E-state index in [2.05, 4.69) is 15.2 Å². The predicted octanol–water partition coefficient (Wildman–Crippen LogP) is 5.16. The lowest BCUT2D eigenvalue weighted by Gasteiger charge is -2.04. The number of benzene rings is 2. The van der Waals surface area contributed by atoms with Gasteiger partial charge in [0.1, 0.15) is 0 Å². The fraction of sp³-hybridized carbons (Fsp3) is 0. The zero-order valence-corrected chi connectivity index (χ0v) is 10.8. The summed E-state index contributed by atoms with van der Waals surface area (Å²) in [5, 5.41) is 8.63. The highest BCUT2D eigenvalue weighted by Crippen LogP contribution is 2.30. The molecule has 0 saturated carbocycles. The number of rotatable bonds is 3. The second kappa shape index (κ2) is 5.89. The fourth-order valence-electron chi connectivity index (χ4n) is 1.94. The number of hydrogen-bond donors (Lipinski definition) is 0. The maximum atomic E-state index is 4.36. The van der Waals surface area contributed by atoms with Gasteiger partial charge in [0.25, 0.3) is 0 Å². The van der Waals surface area contributed by atoms with Gasteiger partial charge in [-0.25, -0.2) is 0 Å². The highest BCUT2D eigenvalue weighted by atomic mass is 15.1. The van der Waals surface area contributed by atoms with E-state index in [0.29, 0.717) is 0 Å². The number of nitrogens with zero attached hydrogens (tertiary/aromatic N) is 3. The molecule has 0 fully saturated rings. The third-order valence-electron chi connectivity index (χ3n) is 2.92. The summed E-state index contributed by atoms with van der Waals surface area (Å²) in [6, 6.07) is 21.6. The SMILES string of the molecule is c1ccc(N=Nc2ccccc2-c2ccncc2)cc1. The van der Waals surface area contributed by atoms with Gasteiger partial charge >= 0.3 is 0 Å². The number of hydrogen-bond acceptors (Lipinski definition) is 3. The molecule has 0 amide bonds. The van der Waals surface area contributed by atoms with E-state index in [1.165, 1.54) is 0 Å². The lowest BCUT2D eigenvalue weighted by atomic mass is 10.1. The van der Waals surface area contributed by atoms with E-state index in [1.807, 2.05) is 66.7 Å². The standard InChI is InChI=1S/C17H13N3/c1-2-6-15(7-3-1)19-20-17-9-5-4-8-16(17)14-10-12-18-13-11-14/h1-13H. The van der Waals surface area contributed by atoms with Gasteiger partial charge in [-0.2, -0.15) is 5.11 Å². The van der Waals surface area contributed by atoms with Gasteiger partial charge in [-0.05, 0) is 35.9 Å². The van der Waals surface area contributed by atoms with Crippen LogP contribution in [0.15, 0.2) is 89.4 Å². The molecule has 0 atom stereocenters. The second-order valence-electron chi connectivity index (χ2n) is 4.29. The Balaban J connectivity index is 1.97. The predicted molar refractivity (Wildman–Crippen MR) is 80.3 cm³/mol. The summed E-state index contributed by atoms with van der Waals surface area (Å²) in [4.78, 5) is 4.04. The average Bonchev–Trinajstić information content (AvgIpc) is 2.55. The molecule has 0 unspecified atom stereocenters. The van der Waals surface area contributed by atoms with Gasteiger partial charge < -0.3 is 0 Å². The minimum Gasteiger partial charge on any atom is -0.265 e. The van der Waals surface area contributed by atoms with Crippen LogP contribution < -0.4 is 0 Å². The Bertz CT molecular complexity index is 707. The Morgan fingerprint density at radius 1 is 0.650 bits per heavy atom. The van der Waals surface area contributed by atoms with Crippen molar-refractivity contribution < 1.29 is 0 Å². The summed E-state index contributed by atoms with van der Waals surface area (Å²) in [5.74, 6) is 0. The van der Waals surface area contributed by atoms with E-state index in [0.717, 1.165) is 22.5 Å². The van der Waals surface area contributed by atoms with Crippen molar-refractivity contribution >= 4 is 11.4 Å². The van der Waals surface area contributed by atoms with Gasteiger partial charge in [0, 0.05) is 18.0 Å². The van der Waals surface area contributed by atoms with Gasteiger partial charge in [-0.15, -0.1) is 5.11 Å². The van der Waals surface area contributed by atoms with Crippen LogP contribution in [-0.2, 0) is 0 Å². The van der Waals surface area contributed by atoms with Crippen LogP contribution in [-0.4, -0.2) is 4.98 Å². The topological polar surface area (TPSA) is 37.6 Å². The Morgan fingerprint density at radius 2 is 1.35 bits per heavy atom. The third-order valence-corrected chi connectivity index (χ3v) is 2.92. The van der Waals surface area contributed by atoms with Crippen LogP contribution in [0, 0.1) is 0 Å². The lowest BCUT2D eigenvalue weighted by Crippen LogP contribution is -1.79. The zero-order chi connectivity index (χ0) is 13.6. The first-order valence-corrected chi connectivity index (χ1v) is 6.40. The van der Waals surface area contributed by atoms with E-state index >= 15 is 0 Å². The van der Waals surface area contributed by atoms with Crippen molar-refractivity contribution in [2.24, 2.45) is 10.2 Å². The van der Waals surface area contributed by atoms with Crippen molar-refractivity contribution in [3.05, 3.63) is 79.1 Å². The molecule has 96 valence electrons. The monoisotopic (exact) mass is 259 g/mol. The molecule has 0 bridgehead atoms. The second-order valence-corrected chi connectivity index (χ2v) is 4.29. The quantitative estimate of drug-likeness (QED) is 0.598. The van der Waals surface area contributed by atoms with Crippen LogP contribution in [0.5, 0.6) is 0 Å². The number of azo groups is 1. The summed E-state index contributed by atoms with van der Waals surface area (Å²) in [5.41, 5.74) is 3.83. The van der Waals surface area contributed by atoms with Crippen molar-refractivity contribution in [1.82, 2.24) is 4.98 Å². The Labute approximate surface area is 117 Å². The average molecular weight is 259 g/mol. The molecule has 2 aromatic carbocycles. The molecular weight excluding hydrogens is 246 g/mol. The van der Waals surface area contributed by atoms with Crippen molar-refractivity contribution in [2.75, 3.05) is 0 Å². The number of aromatic nitrogens is 1. The van der Waals surface area contributed by atoms with Crippen molar-refractivity contribution in [1.29, 1.82) is 0 Å². The first-order chi connectivity index (χ1) is 9.93. The molecule has 0 spiro atoms.